The van der Waals surface area contributed by atoms with Crippen molar-refractivity contribution in [3.8, 4) is 0 Å². The zero-order valence-electron chi connectivity index (χ0n) is 10.1. The third-order valence-corrected chi connectivity index (χ3v) is 3.54. The molecule has 0 bridgehead atoms. The van der Waals surface area contributed by atoms with Crippen LogP contribution in [-0.4, -0.2) is 21.1 Å². The van der Waals surface area contributed by atoms with Crippen molar-refractivity contribution in [2.75, 3.05) is 6.54 Å². The van der Waals surface area contributed by atoms with Gasteiger partial charge in [-0.1, -0.05) is 0 Å². The minimum absolute atomic E-state index is 0.00301. The van der Waals surface area contributed by atoms with Gasteiger partial charge >= 0.3 is 0 Å². The first kappa shape index (κ1) is 10.5. The number of nitrogens with one attached hydrogen (secondary N) is 2. The van der Waals surface area contributed by atoms with Crippen LogP contribution in [0.4, 0.5) is 0 Å². The van der Waals surface area contributed by atoms with Crippen molar-refractivity contribution in [1.82, 2.24) is 19.9 Å². The second-order valence-electron chi connectivity index (χ2n) is 4.68. The molecular weight excluding hydrogens is 216 g/mol. The molecule has 0 aromatic carbocycles. The summed E-state index contributed by atoms with van der Waals surface area (Å²) in [7, 11) is 0. The Morgan fingerprint density at radius 3 is 3.00 bits per heavy atom. The Hall–Kier alpha value is -1.62. The number of aromatic nitrogens is 3. The van der Waals surface area contributed by atoms with Gasteiger partial charge in [0.1, 0.15) is 0 Å². The summed E-state index contributed by atoms with van der Waals surface area (Å²) < 4.78 is 1.54. The maximum absolute atomic E-state index is 12.0. The number of aromatic amines is 1. The molecule has 3 heterocycles. The van der Waals surface area contributed by atoms with Crippen molar-refractivity contribution in [1.29, 1.82) is 0 Å². The minimum atomic E-state index is -0.00301. The van der Waals surface area contributed by atoms with Crippen LogP contribution in [0.3, 0.4) is 0 Å². The fourth-order valence-corrected chi connectivity index (χ4v) is 2.37. The molecule has 0 aliphatic carbocycles. The molecule has 0 saturated carbocycles. The van der Waals surface area contributed by atoms with Crippen LogP contribution in [0.1, 0.15) is 35.8 Å². The molecule has 0 amide bonds. The fraction of sp³-hybridized carbons (Fsp3) is 0.500. The second kappa shape index (κ2) is 3.70. The summed E-state index contributed by atoms with van der Waals surface area (Å²) in [5.41, 5.74) is 3.27. The monoisotopic (exact) mass is 232 g/mol. The molecule has 0 spiro atoms. The van der Waals surface area contributed by atoms with Crippen molar-refractivity contribution >= 4 is 5.65 Å². The van der Waals surface area contributed by atoms with E-state index in [4.69, 9.17) is 0 Å². The minimum Gasteiger partial charge on any atom is -0.309 e. The normalized spacial score (nSPS) is 20.2. The van der Waals surface area contributed by atoms with Crippen LogP contribution in [0, 0.1) is 13.8 Å². The molecule has 1 aliphatic heterocycles. The quantitative estimate of drug-likeness (QED) is 0.773. The van der Waals surface area contributed by atoms with Crippen molar-refractivity contribution < 1.29 is 0 Å². The number of H-pyrrole nitrogens is 1. The van der Waals surface area contributed by atoms with E-state index in [1.54, 1.807) is 0 Å². The summed E-state index contributed by atoms with van der Waals surface area (Å²) in [6.07, 6.45) is 2.29. The summed E-state index contributed by atoms with van der Waals surface area (Å²) in [5, 5.41) is 6.56. The van der Waals surface area contributed by atoms with Crippen LogP contribution in [0.15, 0.2) is 10.9 Å². The van der Waals surface area contributed by atoms with E-state index in [2.05, 4.69) is 15.4 Å². The van der Waals surface area contributed by atoms with E-state index in [0.29, 0.717) is 17.3 Å². The van der Waals surface area contributed by atoms with E-state index < -0.39 is 0 Å². The highest BCUT2D eigenvalue weighted by Gasteiger charge is 2.19. The van der Waals surface area contributed by atoms with Gasteiger partial charge in [-0.3, -0.25) is 9.89 Å². The molecule has 1 saturated heterocycles. The summed E-state index contributed by atoms with van der Waals surface area (Å²) in [5.74, 6) is 0. The number of nitrogens with zero attached hydrogens (tertiary/aromatic N) is 2. The average Bonchev–Trinajstić information content (AvgIpc) is 2.93. The molecule has 90 valence electrons. The molecule has 5 nitrogen and oxygen atoms in total. The molecule has 1 unspecified atom stereocenters. The molecule has 0 radical (unpaired) electrons. The van der Waals surface area contributed by atoms with E-state index in [-0.39, 0.29) is 5.56 Å². The van der Waals surface area contributed by atoms with Gasteiger partial charge in [-0.15, -0.1) is 0 Å². The largest absolute Gasteiger partial charge is 0.309 e. The SMILES string of the molecule is Cc1nc2cc(C3CCCN3)[nH]n2c(=O)c1C. The highest BCUT2D eigenvalue weighted by Crippen LogP contribution is 2.22. The molecule has 1 fully saturated rings. The Bertz CT molecular complexity index is 619. The maximum atomic E-state index is 12.0. The van der Waals surface area contributed by atoms with Gasteiger partial charge in [0.2, 0.25) is 0 Å². The first-order valence-corrected chi connectivity index (χ1v) is 5.99. The van der Waals surface area contributed by atoms with E-state index >= 15 is 0 Å². The zero-order valence-corrected chi connectivity index (χ0v) is 10.1. The Morgan fingerprint density at radius 1 is 1.47 bits per heavy atom. The van der Waals surface area contributed by atoms with Crippen LogP contribution in [0.5, 0.6) is 0 Å². The first-order valence-electron chi connectivity index (χ1n) is 5.99. The lowest BCUT2D eigenvalue weighted by atomic mass is 10.2. The molecule has 2 aromatic rings. The van der Waals surface area contributed by atoms with Crippen LogP contribution in [0.2, 0.25) is 0 Å². The third-order valence-electron chi connectivity index (χ3n) is 3.54. The fourth-order valence-electron chi connectivity index (χ4n) is 2.37. The van der Waals surface area contributed by atoms with Crippen LogP contribution < -0.4 is 10.9 Å². The molecule has 2 N–H and O–H groups in total. The molecule has 1 aliphatic rings. The molecule has 2 aromatic heterocycles. The maximum Gasteiger partial charge on any atom is 0.275 e. The lowest BCUT2D eigenvalue weighted by molar-refractivity contribution is 0.618. The Balaban J connectivity index is 2.18. The van der Waals surface area contributed by atoms with E-state index in [1.807, 2.05) is 19.9 Å². The van der Waals surface area contributed by atoms with Crippen molar-refractivity contribution in [2.45, 2.75) is 32.7 Å². The number of fused-ring (bicyclic) bond motifs is 1. The highest BCUT2D eigenvalue weighted by atomic mass is 16.1. The lowest BCUT2D eigenvalue weighted by Gasteiger charge is -2.05. The Morgan fingerprint density at radius 2 is 2.29 bits per heavy atom. The summed E-state index contributed by atoms with van der Waals surface area (Å²) in [4.78, 5) is 16.5. The average molecular weight is 232 g/mol. The van der Waals surface area contributed by atoms with Gasteiger partial charge in [0.25, 0.3) is 5.56 Å². The van der Waals surface area contributed by atoms with Crippen molar-refractivity contribution in [3.05, 3.63) is 33.4 Å². The molecule has 1 atom stereocenters. The lowest BCUT2D eigenvalue weighted by Crippen LogP contribution is -2.20. The van der Waals surface area contributed by atoms with Gasteiger partial charge in [0.05, 0.1) is 5.69 Å². The van der Waals surface area contributed by atoms with Gasteiger partial charge in [0, 0.05) is 23.4 Å². The molecule has 5 heteroatoms. The van der Waals surface area contributed by atoms with Crippen molar-refractivity contribution in [2.24, 2.45) is 0 Å². The van der Waals surface area contributed by atoms with Gasteiger partial charge in [0.15, 0.2) is 5.65 Å². The predicted octanol–water partition coefficient (Wildman–Crippen LogP) is 1.06. The summed E-state index contributed by atoms with van der Waals surface area (Å²) in [6, 6.07) is 2.30. The van der Waals surface area contributed by atoms with Gasteiger partial charge in [-0.2, -0.15) is 0 Å². The summed E-state index contributed by atoms with van der Waals surface area (Å²) >= 11 is 0. The number of aryl methyl sites for hydroxylation is 1. The van der Waals surface area contributed by atoms with Crippen LogP contribution in [-0.2, 0) is 0 Å². The number of hydrogen-bond donors (Lipinski definition) is 2. The number of hydrogen-bond acceptors (Lipinski definition) is 3. The standard InChI is InChI=1S/C12H16N4O/c1-7-8(2)14-11-6-10(9-4-3-5-13-9)15-16(11)12(7)17/h6,9,13,15H,3-5H2,1-2H3. The highest BCUT2D eigenvalue weighted by molar-refractivity contribution is 5.42. The molecular formula is C12H16N4O. The Labute approximate surface area is 98.9 Å². The molecule has 3 rings (SSSR count). The topological polar surface area (TPSA) is 62.2 Å². The van der Waals surface area contributed by atoms with E-state index in [1.165, 1.54) is 10.9 Å². The summed E-state index contributed by atoms with van der Waals surface area (Å²) in [6.45, 7) is 4.73. The van der Waals surface area contributed by atoms with Gasteiger partial charge in [-0.05, 0) is 33.2 Å². The Kier molecular flexibility index (Phi) is 2.29. The van der Waals surface area contributed by atoms with E-state index in [9.17, 15) is 4.79 Å². The van der Waals surface area contributed by atoms with Crippen molar-refractivity contribution in [3.63, 3.8) is 0 Å². The van der Waals surface area contributed by atoms with Crippen LogP contribution in [0.25, 0.3) is 5.65 Å². The van der Waals surface area contributed by atoms with Gasteiger partial charge < -0.3 is 5.32 Å². The zero-order chi connectivity index (χ0) is 12.0. The smallest absolute Gasteiger partial charge is 0.275 e. The van der Waals surface area contributed by atoms with Gasteiger partial charge in [-0.25, -0.2) is 9.50 Å². The number of rotatable bonds is 1. The third kappa shape index (κ3) is 1.58. The predicted molar refractivity (Wildman–Crippen MR) is 65.3 cm³/mol. The molecule has 17 heavy (non-hydrogen) atoms. The second-order valence-corrected chi connectivity index (χ2v) is 4.68. The van der Waals surface area contributed by atoms with E-state index in [0.717, 1.165) is 24.4 Å². The van der Waals surface area contributed by atoms with Crippen LogP contribution >= 0.6 is 0 Å². The first-order chi connectivity index (χ1) is 8.16.